The maximum Gasteiger partial charge on any atom is 0.102 e. The monoisotopic (exact) mass is 248 g/mol. The number of aliphatic hydroxyl groups excluding tert-OH is 1. The third-order valence-corrected chi connectivity index (χ3v) is 3.81. The van der Waals surface area contributed by atoms with Crippen LogP contribution in [0.1, 0.15) is 18.4 Å². The Bertz CT molecular complexity index is 438. The van der Waals surface area contributed by atoms with Gasteiger partial charge in [0.1, 0.15) is 6.07 Å². The lowest BCUT2D eigenvalue weighted by Crippen LogP contribution is -2.21. The number of hydrogen-bond donors (Lipinski definition) is 2. The zero-order chi connectivity index (χ0) is 12.3. The highest BCUT2D eigenvalue weighted by Crippen LogP contribution is 2.33. The average molecular weight is 248 g/mol. The summed E-state index contributed by atoms with van der Waals surface area (Å²) in [6, 6.07) is 7.97. The molecule has 0 bridgehead atoms. The van der Waals surface area contributed by atoms with Crippen molar-refractivity contribution in [3.63, 3.8) is 0 Å². The lowest BCUT2D eigenvalue weighted by Gasteiger charge is -2.14. The standard InChI is InChI=1S/C13H16N2OS/c1-17-13-4-2-3-11(10(13)7-14)15-8-12(16)9-5-6-9/h2-4,9,12,15-16H,5-6,8H2,1H3. The van der Waals surface area contributed by atoms with Crippen LogP contribution < -0.4 is 5.32 Å². The number of aliphatic hydroxyl groups is 1. The van der Waals surface area contributed by atoms with Crippen molar-refractivity contribution in [1.82, 2.24) is 0 Å². The van der Waals surface area contributed by atoms with Crippen LogP contribution in [0.3, 0.4) is 0 Å². The topological polar surface area (TPSA) is 56.0 Å². The van der Waals surface area contributed by atoms with Gasteiger partial charge in [0.2, 0.25) is 0 Å². The highest BCUT2D eigenvalue weighted by Gasteiger charge is 2.29. The molecule has 0 spiro atoms. The molecule has 0 aliphatic heterocycles. The van der Waals surface area contributed by atoms with E-state index in [0.29, 0.717) is 18.0 Å². The maximum atomic E-state index is 9.79. The van der Waals surface area contributed by atoms with Gasteiger partial charge in [0.05, 0.1) is 17.4 Å². The van der Waals surface area contributed by atoms with E-state index in [1.165, 1.54) is 0 Å². The Morgan fingerprint density at radius 1 is 1.59 bits per heavy atom. The van der Waals surface area contributed by atoms with Crippen LogP contribution in [0.5, 0.6) is 0 Å². The summed E-state index contributed by atoms with van der Waals surface area (Å²) in [7, 11) is 0. The minimum Gasteiger partial charge on any atom is -0.391 e. The molecule has 0 amide bonds. The van der Waals surface area contributed by atoms with Gasteiger partial charge < -0.3 is 10.4 Å². The Labute approximate surface area is 106 Å². The molecule has 1 unspecified atom stereocenters. The first-order valence-electron chi connectivity index (χ1n) is 5.75. The normalized spacial score (nSPS) is 16.3. The van der Waals surface area contributed by atoms with Crippen LogP contribution in [-0.2, 0) is 0 Å². The molecule has 1 aromatic rings. The summed E-state index contributed by atoms with van der Waals surface area (Å²) in [6.07, 6.45) is 3.91. The zero-order valence-corrected chi connectivity index (χ0v) is 10.6. The fraction of sp³-hybridized carbons (Fsp3) is 0.462. The van der Waals surface area contributed by atoms with E-state index in [4.69, 9.17) is 5.26 Å². The molecule has 2 N–H and O–H groups in total. The van der Waals surface area contributed by atoms with Crippen molar-refractivity contribution in [2.24, 2.45) is 5.92 Å². The van der Waals surface area contributed by atoms with Crippen molar-refractivity contribution in [3.8, 4) is 6.07 Å². The molecule has 1 aliphatic rings. The van der Waals surface area contributed by atoms with Gasteiger partial charge in [-0.15, -0.1) is 11.8 Å². The van der Waals surface area contributed by atoms with E-state index in [2.05, 4.69) is 11.4 Å². The number of nitrogens with zero attached hydrogens (tertiary/aromatic N) is 1. The van der Waals surface area contributed by atoms with Crippen molar-refractivity contribution in [2.45, 2.75) is 23.8 Å². The summed E-state index contributed by atoms with van der Waals surface area (Å²) in [5.74, 6) is 0.455. The van der Waals surface area contributed by atoms with Gasteiger partial charge in [-0.05, 0) is 37.1 Å². The van der Waals surface area contributed by atoms with E-state index in [9.17, 15) is 5.11 Å². The van der Waals surface area contributed by atoms with E-state index >= 15 is 0 Å². The van der Waals surface area contributed by atoms with Crippen molar-refractivity contribution >= 4 is 17.4 Å². The smallest absolute Gasteiger partial charge is 0.102 e. The predicted molar refractivity (Wildman–Crippen MR) is 70.2 cm³/mol. The zero-order valence-electron chi connectivity index (χ0n) is 9.81. The second kappa shape index (κ2) is 5.44. The fourth-order valence-corrected chi connectivity index (χ4v) is 2.40. The molecule has 0 aromatic heterocycles. The average Bonchev–Trinajstić information content (AvgIpc) is 3.19. The van der Waals surface area contributed by atoms with E-state index in [0.717, 1.165) is 23.4 Å². The van der Waals surface area contributed by atoms with Crippen LogP contribution in [0.4, 0.5) is 5.69 Å². The van der Waals surface area contributed by atoms with E-state index in [1.807, 2.05) is 24.5 Å². The summed E-state index contributed by atoms with van der Waals surface area (Å²) < 4.78 is 0. The Morgan fingerprint density at radius 3 is 2.94 bits per heavy atom. The summed E-state index contributed by atoms with van der Waals surface area (Å²) >= 11 is 1.56. The Balaban J connectivity index is 2.06. The predicted octanol–water partition coefficient (Wildman–Crippen LogP) is 2.46. The Hall–Kier alpha value is -1.18. The molecule has 90 valence electrons. The number of nitrogens with one attached hydrogen (secondary N) is 1. The molecule has 1 aromatic carbocycles. The third-order valence-electron chi connectivity index (χ3n) is 3.03. The van der Waals surface area contributed by atoms with Crippen LogP contribution in [0.25, 0.3) is 0 Å². The van der Waals surface area contributed by atoms with Crippen molar-refractivity contribution < 1.29 is 5.11 Å². The first-order chi connectivity index (χ1) is 8.26. The highest BCUT2D eigenvalue weighted by molar-refractivity contribution is 7.98. The number of thioether (sulfide) groups is 1. The van der Waals surface area contributed by atoms with Gasteiger partial charge in [-0.25, -0.2) is 0 Å². The van der Waals surface area contributed by atoms with Crippen LogP contribution in [-0.4, -0.2) is 24.0 Å². The van der Waals surface area contributed by atoms with E-state index in [1.54, 1.807) is 11.8 Å². The second-order valence-electron chi connectivity index (χ2n) is 4.28. The van der Waals surface area contributed by atoms with Gasteiger partial charge in [0, 0.05) is 11.4 Å². The number of anilines is 1. The molecule has 1 fully saturated rings. The summed E-state index contributed by atoms with van der Waals surface area (Å²) in [5, 5.41) is 22.1. The van der Waals surface area contributed by atoms with Gasteiger partial charge in [0.15, 0.2) is 0 Å². The summed E-state index contributed by atoms with van der Waals surface area (Å²) in [5.41, 5.74) is 1.49. The molecule has 3 nitrogen and oxygen atoms in total. The van der Waals surface area contributed by atoms with E-state index < -0.39 is 0 Å². The van der Waals surface area contributed by atoms with Crippen molar-refractivity contribution in [1.29, 1.82) is 5.26 Å². The molecule has 17 heavy (non-hydrogen) atoms. The Morgan fingerprint density at radius 2 is 2.35 bits per heavy atom. The SMILES string of the molecule is CSc1cccc(NCC(O)C2CC2)c1C#N. The Kier molecular flexibility index (Phi) is 3.93. The minimum atomic E-state index is -0.292. The maximum absolute atomic E-state index is 9.79. The number of hydrogen-bond acceptors (Lipinski definition) is 4. The summed E-state index contributed by atoms with van der Waals surface area (Å²) in [6.45, 7) is 0.525. The lowest BCUT2D eigenvalue weighted by atomic mass is 10.1. The minimum absolute atomic E-state index is 0.292. The molecule has 1 aliphatic carbocycles. The van der Waals surface area contributed by atoms with Crippen LogP contribution >= 0.6 is 11.8 Å². The number of rotatable bonds is 5. The van der Waals surface area contributed by atoms with Gasteiger partial charge >= 0.3 is 0 Å². The fourth-order valence-electron chi connectivity index (χ4n) is 1.83. The first kappa shape index (κ1) is 12.3. The molecular formula is C13H16N2OS. The van der Waals surface area contributed by atoms with Gasteiger partial charge in [-0.2, -0.15) is 5.26 Å². The molecule has 0 saturated heterocycles. The van der Waals surface area contributed by atoms with Gasteiger partial charge in [0.25, 0.3) is 0 Å². The van der Waals surface area contributed by atoms with Crippen LogP contribution in [0.15, 0.2) is 23.1 Å². The molecule has 0 radical (unpaired) electrons. The van der Waals surface area contributed by atoms with Crippen molar-refractivity contribution in [2.75, 3.05) is 18.1 Å². The first-order valence-corrected chi connectivity index (χ1v) is 6.97. The second-order valence-corrected chi connectivity index (χ2v) is 5.13. The van der Waals surface area contributed by atoms with Crippen molar-refractivity contribution in [3.05, 3.63) is 23.8 Å². The third kappa shape index (κ3) is 2.93. The molecule has 2 rings (SSSR count). The van der Waals surface area contributed by atoms with Gasteiger partial charge in [-0.3, -0.25) is 0 Å². The molecular weight excluding hydrogens is 232 g/mol. The number of benzene rings is 1. The highest BCUT2D eigenvalue weighted by atomic mass is 32.2. The lowest BCUT2D eigenvalue weighted by molar-refractivity contribution is 0.164. The number of nitriles is 1. The van der Waals surface area contributed by atoms with Crippen LogP contribution in [0, 0.1) is 17.2 Å². The molecule has 1 saturated carbocycles. The molecule has 4 heteroatoms. The van der Waals surface area contributed by atoms with Gasteiger partial charge in [-0.1, -0.05) is 6.07 Å². The molecule has 0 heterocycles. The summed E-state index contributed by atoms with van der Waals surface area (Å²) in [4.78, 5) is 0.971. The van der Waals surface area contributed by atoms with E-state index in [-0.39, 0.29) is 6.10 Å². The molecule has 1 atom stereocenters. The largest absolute Gasteiger partial charge is 0.391 e. The van der Waals surface area contributed by atoms with Crippen LogP contribution in [0.2, 0.25) is 0 Å². The quantitative estimate of drug-likeness (QED) is 0.786.